The van der Waals surface area contributed by atoms with Crippen LogP contribution in [0.25, 0.3) is 0 Å². The number of anilines is 2. The average molecular weight is 417 g/mol. The Bertz CT molecular complexity index is 854. The van der Waals surface area contributed by atoms with Gasteiger partial charge in [-0.1, -0.05) is 23.7 Å². The van der Waals surface area contributed by atoms with E-state index in [1.165, 1.54) is 18.2 Å². The number of hydrogen-bond acceptors (Lipinski definition) is 4. The number of para-hydroxylation sites is 1. The number of carbonyl (C=O) groups is 1. The number of alkyl halides is 3. The Kier molecular flexibility index (Phi) is 6.04. The molecule has 1 N–H and O–H groups in total. The zero-order valence-electron chi connectivity index (χ0n) is 14.6. The minimum absolute atomic E-state index is 0.0689. The number of rotatable bonds is 4. The van der Waals surface area contributed by atoms with Gasteiger partial charge in [0.2, 0.25) is 5.91 Å². The van der Waals surface area contributed by atoms with E-state index in [4.69, 9.17) is 11.6 Å². The highest BCUT2D eigenvalue weighted by Gasteiger charge is 2.32. The summed E-state index contributed by atoms with van der Waals surface area (Å²) >= 11 is 5.98. The van der Waals surface area contributed by atoms with Gasteiger partial charge in [-0.2, -0.15) is 13.2 Å². The number of nitrogens with zero attached hydrogens (tertiary/aromatic N) is 3. The molecule has 5 nitrogen and oxygen atoms in total. The lowest BCUT2D eigenvalue weighted by Crippen LogP contribution is -2.49. The molecule has 0 radical (unpaired) electrons. The van der Waals surface area contributed by atoms with Crippen LogP contribution in [-0.4, -0.2) is 48.5 Å². The quantitative estimate of drug-likeness (QED) is 0.773. The second-order valence-corrected chi connectivity index (χ2v) is 6.73. The minimum atomic E-state index is -4.50. The molecule has 1 aromatic carbocycles. The second-order valence-electron chi connectivity index (χ2n) is 6.32. The maximum Gasteiger partial charge on any atom is 0.417 e. The van der Waals surface area contributed by atoms with Gasteiger partial charge in [-0.05, 0) is 18.2 Å². The topological polar surface area (TPSA) is 48.5 Å². The maximum absolute atomic E-state index is 13.6. The fourth-order valence-electron chi connectivity index (χ4n) is 2.89. The lowest BCUT2D eigenvalue weighted by atomic mass is 10.2. The van der Waals surface area contributed by atoms with Gasteiger partial charge >= 0.3 is 6.18 Å². The molecule has 0 bridgehead atoms. The monoisotopic (exact) mass is 416 g/mol. The smallest absolute Gasteiger partial charge is 0.353 e. The van der Waals surface area contributed by atoms with Crippen LogP contribution in [-0.2, 0) is 11.0 Å². The van der Waals surface area contributed by atoms with Crippen molar-refractivity contribution in [2.45, 2.75) is 6.18 Å². The SMILES string of the molecule is O=C(CN1CCN(c2ncc(C(F)(F)F)cc2Cl)CC1)Nc1ccccc1F. The molecule has 0 aliphatic carbocycles. The number of halogens is 5. The molecule has 0 unspecified atom stereocenters. The highest BCUT2D eigenvalue weighted by Crippen LogP contribution is 2.33. The first-order chi connectivity index (χ1) is 13.2. The molecule has 0 spiro atoms. The number of aromatic nitrogens is 1. The van der Waals surface area contributed by atoms with E-state index in [0.717, 1.165) is 12.3 Å². The summed E-state index contributed by atoms with van der Waals surface area (Å²) in [6.07, 6.45) is -3.74. The fourth-order valence-corrected chi connectivity index (χ4v) is 3.18. The number of benzene rings is 1. The summed E-state index contributed by atoms with van der Waals surface area (Å²) in [6.45, 7) is 1.96. The van der Waals surface area contributed by atoms with Crippen molar-refractivity contribution in [2.75, 3.05) is 42.9 Å². The zero-order valence-corrected chi connectivity index (χ0v) is 15.4. The van der Waals surface area contributed by atoms with Crippen molar-refractivity contribution in [1.29, 1.82) is 0 Å². The number of nitrogens with one attached hydrogen (secondary N) is 1. The van der Waals surface area contributed by atoms with E-state index in [-0.39, 0.29) is 29.0 Å². The average Bonchev–Trinajstić information content (AvgIpc) is 2.63. The van der Waals surface area contributed by atoms with E-state index in [2.05, 4.69) is 10.3 Å². The van der Waals surface area contributed by atoms with Gasteiger partial charge in [-0.25, -0.2) is 9.37 Å². The Balaban J connectivity index is 1.55. The molecule has 3 rings (SSSR count). The zero-order chi connectivity index (χ0) is 20.3. The van der Waals surface area contributed by atoms with Crippen LogP contribution < -0.4 is 10.2 Å². The third-order valence-corrected chi connectivity index (χ3v) is 4.61. The van der Waals surface area contributed by atoms with Crippen molar-refractivity contribution >= 4 is 29.0 Å². The molecule has 1 aliphatic rings. The van der Waals surface area contributed by atoms with E-state index in [1.807, 2.05) is 4.90 Å². The summed E-state index contributed by atoms with van der Waals surface area (Å²) in [7, 11) is 0. The first-order valence-corrected chi connectivity index (χ1v) is 8.86. The van der Waals surface area contributed by atoms with E-state index < -0.39 is 17.6 Å². The van der Waals surface area contributed by atoms with E-state index in [0.29, 0.717) is 26.2 Å². The van der Waals surface area contributed by atoms with Crippen LogP contribution in [0.15, 0.2) is 36.5 Å². The van der Waals surface area contributed by atoms with Crippen molar-refractivity contribution in [1.82, 2.24) is 9.88 Å². The van der Waals surface area contributed by atoms with Crippen LogP contribution in [0, 0.1) is 5.82 Å². The second kappa shape index (κ2) is 8.32. The first kappa shape index (κ1) is 20.3. The van der Waals surface area contributed by atoms with E-state index >= 15 is 0 Å². The standard InChI is InChI=1S/C18H17ClF4N4O/c19-13-9-12(18(21,22)23)10-24-17(13)27-7-5-26(6-8-27)11-16(28)25-15-4-2-1-3-14(15)20/h1-4,9-10H,5-8,11H2,(H,25,28). The Morgan fingerprint density at radius 3 is 2.46 bits per heavy atom. The van der Waals surface area contributed by atoms with Gasteiger partial charge in [0.05, 0.1) is 22.8 Å². The molecule has 10 heteroatoms. The molecule has 2 aromatic rings. The van der Waals surface area contributed by atoms with Crippen molar-refractivity contribution in [2.24, 2.45) is 0 Å². The predicted octanol–water partition coefficient (Wildman–Crippen LogP) is 3.65. The van der Waals surface area contributed by atoms with Gasteiger partial charge in [0.25, 0.3) is 0 Å². The molecule has 28 heavy (non-hydrogen) atoms. The summed E-state index contributed by atoms with van der Waals surface area (Å²) in [5, 5.41) is 2.45. The number of carbonyl (C=O) groups excluding carboxylic acids is 1. The normalized spacial score (nSPS) is 15.5. The van der Waals surface area contributed by atoms with Gasteiger partial charge in [0.15, 0.2) is 0 Å². The van der Waals surface area contributed by atoms with Crippen molar-refractivity contribution in [3.05, 3.63) is 52.9 Å². The van der Waals surface area contributed by atoms with Crippen LogP contribution in [0.4, 0.5) is 29.1 Å². The van der Waals surface area contributed by atoms with Crippen LogP contribution in [0.1, 0.15) is 5.56 Å². The highest BCUT2D eigenvalue weighted by molar-refractivity contribution is 6.33. The highest BCUT2D eigenvalue weighted by atomic mass is 35.5. The summed E-state index contributed by atoms with van der Waals surface area (Å²) in [5.74, 6) is -0.571. The number of amides is 1. The lowest BCUT2D eigenvalue weighted by molar-refractivity contribution is -0.137. The summed E-state index contributed by atoms with van der Waals surface area (Å²) in [4.78, 5) is 19.6. The third-order valence-electron chi connectivity index (χ3n) is 4.34. The van der Waals surface area contributed by atoms with Gasteiger partial charge in [-0.15, -0.1) is 0 Å². The molecule has 1 aliphatic heterocycles. The largest absolute Gasteiger partial charge is 0.417 e. The molecule has 1 aromatic heterocycles. The molecule has 2 heterocycles. The van der Waals surface area contributed by atoms with Crippen molar-refractivity contribution in [3.8, 4) is 0 Å². The van der Waals surface area contributed by atoms with Gasteiger partial charge in [0.1, 0.15) is 11.6 Å². The predicted molar refractivity (Wildman–Crippen MR) is 97.9 cm³/mol. The molecule has 1 amide bonds. The Hall–Kier alpha value is -2.39. The Morgan fingerprint density at radius 1 is 1.18 bits per heavy atom. The van der Waals surface area contributed by atoms with Crippen LogP contribution in [0.3, 0.4) is 0 Å². The maximum atomic E-state index is 13.6. The molecular formula is C18H17ClF4N4O. The summed E-state index contributed by atoms with van der Waals surface area (Å²) < 4.78 is 51.7. The molecule has 0 saturated carbocycles. The number of hydrogen-bond donors (Lipinski definition) is 1. The van der Waals surface area contributed by atoms with Crippen LogP contribution in [0.5, 0.6) is 0 Å². The first-order valence-electron chi connectivity index (χ1n) is 8.48. The summed E-state index contributed by atoms with van der Waals surface area (Å²) in [5.41, 5.74) is -0.781. The molecule has 1 fully saturated rings. The van der Waals surface area contributed by atoms with Crippen molar-refractivity contribution in [3.63, 3.8) is 0 Å². The lowest BCUT2D eigenvalue weighted by Gasteiger charge is -2.35. The molecule has 1 saturated heterocycles. The number of pyridine rings is 1. The number of piperazine rings is 1. The minimum Gasteiger partial charge on any atom is -0.353 e. The molecule has 150 valence electrons. The molecular weight excluding hydrogens is 400 g/mol. The van der Waals surface area contributed by atoms with Gasteiger partial charge in [-0.3, -0.25) is 9.69 Å². The Morgan fingerprint density at radius 2 is 1.86 bits per heavy atom. The van der Waals surface area contributed by atoms with E-state index in [1.54, 1.807) is 11.0 Å². The Labute approximate surface area is 163 Å². The van der Waals surface area contributed by atoms with Gasteiger partial charge < -0.3 is 10.2 Å². The van der Waals surface area contributed by atoms with Gasteiger partial charge in [0, 0.05) is 32.4 Å². The van der Waals surface area contributed by atoms with Crippen LogP contribution in [0.2, 0.25) is 5.02 Å². The third kappa shape index (κ3) is 4.90. The van der Waals surface area contributed by atoms with Crippen LogP contribution >= 0.6 is 11.6 Å². The fraction of sp³-hybridized carbons (Fsp3) is 0.333. The molecule has 0 atom stereocenters. The summed E-state index contributed by atoms with van der Waals surface area (Å²) in [6, 6.07) is 6.75. The van der Waals surface area contributed by atoms with E-state index in [9.17, 15) is 22.4 Å². The van der Waals surface area contributed by atoms with Crippen molar-refractivity contribution < 1.29 is 22.4 Å².